The minimum absolute atomic E-state index is 0.0123. The van der Waals surface area contributed by atoms with Crippen LogP contribution in [0.3, 0.4) is 0 Å². The molecular formula is C42H60O15. The van der Waals surface area contributed by atoms with Gasteiger partial charge >= 0.3 is 17.9 Å². The lowest BCUT2D eigenvalue weighted by Crippen LogP contribution is -2.66. The molecule has 6 bridgehead atoms. The number of fused-ring (bicyclic) bond motifs is 8. The first kappa shape index (κ1) is 44.8. The number of esters is 3. The van der Waals surface area contributed by atoms with Crippen molar-refractivity contribution < 1.29 is 72.8 Å². The Morgan fingerprint density at radius 2 is 1.74 bits per heavy atom. The van der Waals surface area contributed by atoms with Crippen molar-refractivity contribution in [1.82, 2.24) is 0 Å². The van der Waals surface area contributed by atoms with Gasteiger partial charge in [-0.3, -0.25) is 9.59 Å². The van der Waals surface area contributed by atoms with E-state index in [4.69, 9.17) is 33.2 Å². The molecule has 0 aliphatic carbocycles. The van der Waals surface area contributed by atoms with Gasteiger partial charge < -0.3 is 53.6 Å². The molecule has 0 amide bonds. The topological polar surface area (TPSA) is 214 Å². The quantitative estimate of drug-likeness (QED) is 0.0957. The summed E-state index contributed by atoms with van der Waals surface area (Å²) < 4.78 is 43.0. The maximum absolute atomic E-state index is 13.4. The summed E-state index contributed by atoms with van der Waals surface area (Å²) >= 11 is 0. The second-order valence-corrected chi connectivity index (χ2v) is 17.0. The Morgan fingerprint density at radius 1 is 1.00 bits per heavy atom. The van der Waals surface area contributed by atoms with Gasteiger partial charge in [0.15, 0.2) is 18.0 Å². The second kappa shape index (κ2) is 17.9. The van der Waals surface area contributed by atoms with E-state index in [2.05, 4.69) is 0 Å². The number of cyclic esters (lactones) is 1. The standard InChI is InChI=1S/C42H60O15/c1-8-9-10-11-12-13-34(47)55-38-30-21-36(49)54-37(30)32-22-31(24(2)43)53-35(48)19-26(45)17-28-20-33(46)40(5,6)41(50,56-28)23-29-18-25(44)16-27(52-29)14-15-39(3,4)42(38,51-7)57-32/h10-15,21,24,26-29,31-33,37-38,43,45-46,50H,8-9,16-20,22-23H2,1-7H3/b11-10+,13-12+,15-14+/t24-,26-,27+,28-,29+,31-,32-,33+,37+,38+,41+,42-/m1/s1. The number of aliphatic hydroxyl groups is 4. The van der Waals surface area contributed by atoms with Gasteiger partial charge in [0.2, 0.25) is 5.79 Å². The average molecular weight is 805 g/mol. The number of rotatable bonds is 7. The summed E-state index contributed by atoms with van der Waals surface area (Å²) in [6.45, 7) is 10.2. The van der Waals surface area contributed by atoms with Crippen molar-refractivity contribution in [3.63, 3.8) is 0 Å². The van der Waals surface area contributed by atoms with Gasteiger partial charge in [-0.05, 0) is 13.3 Å². The number of ketones is 1. The van der Waals surface area contributed by atoms with Crippen LogP contribution in [0, 0.1) is 10.8 Å². The Bertz CT molecular complexity index is 1610. The summed E-state index contributed by atoms with van der Waals surface area (Å²) in [6, 6.07) is 0. The van der Waals surface area contributed by atoms with Crippen LogP contribution in [-0.2, 0) is 52.3 Å². The highest BCUT2D eigenvalue weighted by Crippen LogP contribution is 2.51. The number of allylic oxidation sites excluding steroid dienone is 3. The van der Waals surface area contributed by atoms with Crippen LogP contribution in [0.25, 0.3) is 0 Å². The molecule has 0 saturated carbocycles. The van der Waals surface area contributed by atoms with Crippen LogP contribution in [0.1, 0.15) is 99.3 Å². The van der Waals surface area contributed by atoms with Gasteiger partial charge in [-0.1, -0.05) is 71.4 Å². The number of hydrogen-bond acceptors (Lipinski definition) is 15. The predicted octanol–water partition coefficient (Wildman–Crippen LogP) is 3.20. The number of carbonyl (C=O) groups is 4. The van der Waals surface area contributed by atoms with E-state index in [1.165, 1.54) is 32.3 Å². The second-order valence-electron chi connectivity index (χ2n) is 17.0. The number of hydrogen-bond donors (Lipinski definition) is 4. The lowest BCUT2D eigenvalue weighted by molar-refractivity contribution is -0.349. The van der Waals surface area contributed by atoms with E-state index < -0.39 is 108 Å². The van der Waals surface area contributed by atoms with Gasteiger partial charge in [0.25, 0.3) is 0 Å². The first-order valence-electron chi connectivity index (χ1n) is 19.9. The van der Waals surface area contributed by atoms with Gasteiger partial charge in [-0.15, -0.1) is 0 Å². The van der Waals surface area contributed by atoms with Gasteiger partial charge in [-0.25, -0.2) is 9.59 Å². The van der Waals surface area contributed by atoms with Gasteiger partial charge in [0.1, 0.15) is 18.0 Å². The monoisotopic (exact) mass is 804 g/mol. The molecule has 5 aliphatic rings. The fourth-order valence-corrected chi connectivity index (χ4v) is 8.40. The largest absolute Gasteiger partial charge is 0.459 e. The SMILES string of the molecule is CCC/C=C/C=C/C(=O)O[C@H]1C2=CC(=O)O[C@@H]2[C@H]2C[C@H]([C@@H](C)O)OC(=O)C[C@H](O)C[C@@H]3C[C@H](O)C(C)(C)[C@](O)(C[C@@H]4CC(=O)C[C@H](/C=C/C(C)(C)[C@]1(OC)O2)O4)O3. The van der Waals surface area contributed by atoms with Crippen molar-refractivity contribution in [3.8, 4) is 0 Å². The molecule has 318 valence electrons. The highest BCUT2D eigenvalue weighted by atomic mass is 16.7. The minimum atomic E-state index is -1.99. The zero-order chi connectivity index (χ0) is 41.9. The molecule has 3 saturated heterocycles. The molecule has 12 atom stereocenters. The van der Waals surface area contributed by atoms with E-state index in [9.17, 15) is 39.6 Å². The molecule has 57 heavy (non-hydrogen) atoms. The number of aliphatic hydroxyl groups excluding tert-OH is 3. The molecule has 0 aromatic carbocycles. The number of carbonyl (C=O) groups excluding carboxylic acids is 4. The minimum Gasteiger partial charge on any atom is -0.459 e. The van der Waals surface area contributed by atoms with Crippen LogP contribution in [-0.4, -0.2) is 124 Å². The molecule has 4 N–H and O–H groups in total. The Labute approximate surface area is 334 Å². The van der Waals surface area contributed by atoms with E-state index >= 15 is 0 Å². The summed E-state index contributed by atoms with van der Waals surface area (Å²) in [5, 5.41) is 45.1. The van der Waals surface area contributed by atoms with E-state index in [-0.39, 0.29) is 49.9 Å². The number of Topliss-reactive ketones (excluding diaryl/α,β-unsaturated/α-hetero) is 1. The van der Waals surface area contributed by atoms with Crippen molar-refractivity contribution in [2.24, 2.45) is 10.8 Å². The normalized spacial score (nSPS) is 39.7. The molecule has 0 aromatic rings. The van der Waals surface area contributed by atoms with Crippen molar-refractivity contribution in [3.05, 3.63) is 48.1 Å². The van der Waals surface area contributed by atoms with E-state index in [0.717, 1.165) is 12.8 Å². The van der Waals surface area contributed by atoms with Crippen LogP contribution in [0.5, 0.6) is 0 Å². The summed E-state index contributed by atoms with van der Waals surface area (Å²) in [5.41, 5.74) is -2.24. The zero-order valence-electron chi connectivity index (χ0n) is 34.0. The Morgan fingerprint density at radius 3 is 2.42 bits per heavy atom. The van der Waals surface area contributed by atoms with Crippen molar-refractivity contribution in [2.45, 2.75) is 172 Å². The summed E-state index contributed by atoms with van der Waals surface area (Å²) in [5.74, 6) is -6.38. The first-order chi connectivity index (χ1) is 26.7. The highest BCUT2D eigenvalue weighted by Gasteiger charge is 2.64. The van der Waals surface area contributed by atoms with E-state index in [0.29, 0.717) is 0 Å². The predicted molar refractivity (Wildman–Crippen MR) is 202 cm³/mol. The molecule has 0 radical (unpaired) electrons. The van der Waals surface area contributed by atoms with Crippen LogP contribution < -0.4 is 0 Å². The molecule has 5 rings (SSSR count). The van der Waals surface area contributed by atoms with Gasteiger partial charge in [0.05, 0.1) is 43.0 Å². The van der Waals surface area contributed by atoms with Gasteiger partial charge in [0, 0.05) is 74.2 Å². The zero-order valence-corrected chi connectivity index (χ0v) is 34.0. The summed E-state index contributed by atoms with van der Waals surface area (Å²) in [7, 11) is 1.35. The fraction of sp³-hybridized carbons (Fsp3) is 0.714. The maximum Gasteiger partial charge on any atom is 0.331 e. The Balaban J connectivity index is 1.58. The summed E-state index contributed by atoms with van der Waals surface area (Å²) in [6.07, 6.45) is 0.713. The van der Waals surface area contributed by atoms with Crippen molar-refractivity contribution >= 4 is 23.7 Å². The molecule has 5 aliphatic heterocycles. The van der Waals surface area contributed by atoms with Crippen LogP contribution in [0.2, 0.25) is 0 Å². The van der Waals surface area contributed by atoms with Crippen LogP contribution >= 0.6 is 0 Å². The number of ether oxygens (including phenoxy) is 7. The van der Waals surface area contributed by atoms with E-state index in [1.807, 2.05) is 13.0 Å². The summed E-state index contributed by atoms with van der Waals surface area (Å²) in [4.78, 5) is 52.9. The lowest BCUT2D eigenvalue weighted by Gasteiger charge is -2.54. The molecule has 0 unspecified atom stereocenters. The molecule has 5 heterocycles. The third-order valence-corrected chi connectivity index (χ3v) is 11.9. The molecule has 15 heteroatoms. The van der Waals surface area contributed by atoms with Crippen LogP contribution in [0.4, 0.5) is 0 Å². The van der Waals surface area contributed by atoms with Crippen molar-refractivity contribution in [2.75, 3.05) is 7.11 Å². The maximum atomic E-state index is 13.4. The molecule has 0 aromatic heterocycles. The number of methoxy groups -OCH3 is 1. The Hall–Kier alpha value is -3.28. The van der Waals surface area contributed by atoms with E-state index in [1.54, 1.807) is 45.9 Å². The van der Waals surface area contributed by atoms with Gasteiger partial charge in [-0.2, -0.15) is 0 Å². The Kier molecular flexibility index (Phi) is 14.1. The van der Waals surface area contributed by atoms with Crippen LogP contribution in [0.15, 0.2) is 48.1 Å². The fourth-order valence-electron chi connectivity index (χ4n) is 8.40. The highest BCUT2D eigenvalue weighted by molar-refractivity contribution is 5.87. The molecule has 3 fully saturated rings. The average Bonchev–Trinajstić information content (AvgIpc) is 3.51. The molecule has 15 nitrogen and oxygen atoms in total. The first-order valence-corrected chi connectivity index (χ1v) is 19.9. The third-order valence-electron chi connectivity index (χ3n) is 11.9. The third kappa shape index (κ3) is 9.79. The smallest absolute Gasteiger partial charge is 0.331 e. The number of unbranched alkanes of at least 4 members (excludes halogenated alkanes) is 1. The molecule has 0 spiro atoms. The lowest BCUT2D eigenvalue weighted by atomic mass is 9.70. The van der Waals surface area contributed by atoms with Crippen molar-refractivity contribution in [1.29, 1.82) is 0 Å². The molecular weight excluding hydrogens is 744 g/mol.